The predicted molar refractivity (Wildman–Crippen MR) is 103 cm³/mol. The van der Waals surface area contributed by atoms with E-state index in [1.165, 1.54) is 0 Å². The number of amides is 2. The molecule has 1 fully saturated rings. The normalized spacial score (nSPS) is 16.3. The van der Waals surface area contributed by atoms with Crippen LogP contribution in [0.15, 0.2) is 54.6 Å². The molecular formula is C21H24N2O4. The van der Waals surface area contributed by atoms with Gasteiger partial charge in [0.25, 0.3) is 0 Å². The molecule has 0 bridgehead atoms. The molecule has 0 radical (unpaired) electrons. The molecule has 0 aliphatic carbocycles. The highest BCUT2D eigenvalue weighted by Crippen LogP contribution is 2.27. The first-order valence-corrected chi connectivity index (χ1v) is 9.16. The molecular weight excluding hydrogens is 344 g/mol. The van der Waals surface area contributed by atoms with Gasteiger partial charge in [-0.05, 0) is 43.3 Å². The van der Waals surface area contributed by atoms with Gasteiger partial charge in [0.2, 0.25) is 11.8 Å². The van der Waals surface area contributed by atoms with Crippen LogP contribution in [-0.2, 0) is 9.59 Å². The van der Waals surface area contributed by atoms with E-state index < -0.39 is 0 Å². The van der Waals surface area contributed by atoms with Crippen LogP contribution in [0.2, 0.25) is 0 Å². The lowest BCUT2D eigenvalue weighted by atomic mass is 10.1. The Hall–Kier alpha value is -3.02. The number of carbonyl (C=O) groups excluding carboxylic acids is 2. The summed E-state index contributed by atoms with van der Waals surface area (Å²) in [5.74, 6) is 1.03. The lowest BCUT2D eigenvalue weighted by Gasteiger charge is -2.17. The number of rotatable bonds is 8. The summed E-state index contributed by atoms with van der Waals surface area (Å²) >= 11 is 0. The Kier molecular flexibility index (Phi) is 6.30. The van der Waals surface area contributed by atoms with Gasteiger partial charge < -0.3 is 19.7 Å². The van der Waals surface area contributed by atoms with Crippen LogP contribution in [0.1, 0.15) is 13.3 Å². The Morgan fingerprint density at radius 3 is 2.48 bits per heavy atom. The van der Waals surface area contributed by atoms with Gasteiger partial charge in [0, 0.05) is 18.7 Å². The number of ether oxygens (including phenoxy) is 2. The highest BCUT2D eigenvalue weighted by atomic mass is 16.5. The summed E-state index contributed by atoms with van der Waals surface area (Å²) in [5.41, 5.74) is 0.783. The molecule has 2 amide bonds. The monoisotopic (exact) mass is 368 g/mol. The Morgan fingerprint density at radius 1 is 1.07 bits per heavy atom. The fourth-order valence-electron chi connectivity index (χ4n) is 3.03. The molecule has 1 saturated heterocycles. The van der Waals surface area contributed by atoms with Gasteiger partial charge in [-0.15, -0.1) is 0 Å². The van der Waals surface area contributed by atoms with Crippen molar-refractivity contribution in [3.63, 3.8) is 0 Å². The maximum atomic E-state index is 12.4. The van der Waals surface area contributed by atoms with E-state index >= 15 is 0 Å². The molecule has 1 aliphatic rings. The third-order valence-corrected chi connectivity index (χ3v) is 4.37. The average Bonchev–Trinajstić information content (AvgIpc) is 3.09. The number of hydrogen-bond donors (Lipinski definition) is 1. The second kappa shape index (κ2) is 9.07. The molecule has 142 valence electrons. The standard InChI is InChI=1S/C21H24N2O4/c1-2-26-19-10-8-17(9-11-19)23-15-16(14-20(23)24)21(25)22-12-13-27-18-6-4-3-5-7-18/h3-11,16H,2,12-15H2,1H3,(H,22,25)/t16-/m0/s1. The van der Waals surface area contributed by atoms with E-state index in [4.69, 9.17) is 9.47 Å². The van der Waals surface area contributed by atoms with E-state index in [-0.39, 0.29) is 24.2 Å². The quantitative estimate of drug-likeness (QED) is 0.728. The Bertz CT molecular complexity index is 762. The second-order valence-corrected chi connectivity index (χ2v) is 6.28. The number of para-hydroxylation sites is 1. The minimum atomic E-state index is -0.346. The maximum absolute atomic E-state index is 12.4. The zero-order valence-electron chi connectivity index (χ0n) is 15.4. The lowest BCUT2D eigenvalue weighted by molar-refractivity contribution is -0.126. The summed E-state index contributed by atoms with van der Waals surface area (Å²) in [6.45, 7) is 3.70. The topological polar surface area (TPSA) is 67.9 Å². The van der Waals surface area contributed by atoms with Crippen molar-refractivity contribution >= 4 is 17.5 Å². The lowest BCUT2D eigenvalue weighted by Crippen LogP contribution is -2.35. The zero-order valence-corrected chi connectivity index (χ0v) is 15.4. The average molecular weight is 368 g/mol. The molecule has 0 aromatic heterocycles. The van der Waals surface area contributed by atoms with E-state index in [1.54, 1.807) is 4.90 Å². The number of anilines is 1. The van der Waals surface area contributed by atoms with Crippen molar-refractivity contribution in [3.8, 4) is 11.5 Å². The zero-order chi connectivity index (χ0) is 19.1. The van der Waals surface area contributed by atoms with Gasteiger partial charge in [-0.1, -0.05) is 18.2 Å². The van der Waals surface area contributed by atoms with E-state index in [2.05, 4.69) is 5.32 Å². The number of carbonyl (C=O) groups is 2. The van der Waals surface area contributed by atoms with E-state index in [0.29, 0.717) is 26.3 Å². The smallest absolute Gasteiger partial charge is 0.227 e. The van der Waals surface area contributed by atoms with Crippen LogP contribution in [0, 0.1) is 5.92 Å². The first-order chi connectivity index (χ1) is 13.2. The summed E-state index contributed by atoms with van der Waals surface area (Å²) in [6.07, 6.45) is 0.221. The third-order valence-electron chi connectivity index (χ3n) is 4.37. The van der Waals surface area contributed by atoms with E-state index in [1.807, 2.05) is 61.5 Å². The minimum absolute atomic E-state index is 0.0418. The molecule has 27 heavy (non-hydrogen) atoms. The molecule has 1 heterocycles. The molecule has 1 aliphatic heterocycles. The van der Waals surface area contributed by atoms with Crippen LogP contribution >= 0.6 is 0 Å². The summed E-state index contributed by atoms with van der Waals surface area (Å²) in [6, 6.07) is 16.8. The largest absolute Gasteiger partial charge is 0.494 e. The highest BCUT2D eigenvalue weighted by Gasteiger charge is 2.34. The van der Waals surface area contributed by atoms with Crippen LogP contribution < -0.4 is 19.7 Å². The minimum Gasteiger partial charge on any atom is -0.494 e. The molecule has 2 aromatic rings. The summed E-state index contributed by atoms with van der Waals surface area (Å²) in [4.78, 5) is 26.3. The van der Waals surface area contributed by atoms with Crippen molar-refractivity contribution in [2.24, 2.45) is 5.92 Å². The predicted octanol–water partition coefficient (Wildman–Crippen LogP) is 2.63. The van der Waals surface area contributed by atoms with Gasteiger partial charge in [0.15, 0.2) is 0 Å². The molecule has 1 atom stereocenters. The van der Waals surface area contributed by atoms with Gasteiger partial charge in [-0.3, -0.25) is 9.59 Å². The molecule has 0 spiro atoms. The van der Waals surface area contributed by atoms with Crippen molar-refractivity contribution in [3.05, 3.63) is 54.6 Å². The SMILES string of the molecule is CCOc1ccc(N2C[C@@H](C(=O)NCCOc3ccccc3)CC2=O)cc1. The van der Waals surface area contributed by atoms with Crippen LogP contribution in [0.3, 0.4) is 0 Å². The van der Waals surface area contributed by atoms with Gasteiger partial charge >= 0.3 is 0 Å². The fraction of sp³-hybridized carbons (Fsp3) is 0.333. The number of hydrogen-bond acceptors (Lipinski definition) is 4. The summed E-state index contributed by atoms with van der Waals surface area (Å²) in [5, 5.41) is 2.85. The van der Waals surface area contributed by atoms with Crippen molar-refractivity contribution in [1.82, 2.24) is 5.32 Å². The van der Waals surface area contributed by atoms with E-state index in [0.717, 1.165) is 17.2 Å². The molecule has 6 heteroatoms. The van der Waals surface area contributed by atoms with E-state index in [9.17, 15) is 9.59 Å². The number of benzene rings is 2. The van der Waals surface area contributed by atoms with Crippen molar-refractivity contribution in [2.45, 2.75) is 13.3 Å². The van der Waals surface area contributed by atoms with Crippen LogP contribution in [0.5, 0.6) is 11.5 Å². The van der Waals surface area contributed by atoms with Crippen molar-refractivity contribution in [1.29, 1.82) is 0 Å². The molecule has 2 aromatic carbocycles. The fourth-order valence-corrected chi connectivity index (χ4v) is 3.03. The molecule has 1 N–H and O–H groups in total. The Labute approximate surface area is 159 Å². The molecule has 0 saturated carbocycles. The molecule has 6 nitrogen and oxygen atoms in total. The van der Waals surface area contributed by atoms with Crippen molar-refractivity contribution < 1.29 is 19.1 Å². The Balaban J connectivity index is 1.47. The Morgan fingerprint density at radius 2 is 1.78 bits per heavy atom. The first-order valence-electron chi connectivity index (χ1n) is 9.16. The molecule has 0 unspecified atom stereocenters. The van der Waals surface area contributed by atoms with Crippen LogP contribution in [0.25, 0.3) is 0 Å². The second-order valence-electron chi connectivity index (χ2n) is 6.28. The van der Waals surface area contributed by atoms with Crippen LogP contribution in [0.4, 0.5) is 5.69 Å². The van der Waals surface area contributed by atoms with Gasteiger partial charge in [0.1, 0.15) is 18.1 Å². The number of nitrogens with zero attached hydrogens (tertiary/aromatic N) is 1. The number of nitrogens with one attached hydrogen (secondary N) is 1. The van der Waals surface area contributed by atoms with Gasteiger partial charge in [-0.2, -0.15) is 0 Å². The van der Waals surface area contributed by atoms with Gasteiger partial charge in [0.05, 0.1) is 19.1 Å². The highest BCUT2D eigenvalue weighted by molar-refractivity contribution is 6.00. The van der Waals surface area contributed by atoms with Crippen molar-refractivity contribution in [2.75, 3.05) is 31.2 Å². The van der Waals surface area contributed by atoms with Crippen LogP contribution in [-0.4, -0.2) is 38.1 Å². The summed E-state index contributed by atoms with van der Waals surface area (Å²) < 4.78 is 11.0. The maximum Gasteiger partial charge on any atom is 0.227 e. The summed E-state index contributed by atoms with van der Waals surface area (Å²) in [7, 11) is 0. The first kappa shape index (κ1) is 18.8. The third kappa shape index (κ3) is 5.00. The van der Waals surface area contributed by atoms with Gasteiger partial charge in [-0.25, -0.2) is 0 Å². The molecule has 3 rings (SSSR count).